The highest BCUT2D eigenvalue weighted by Crippen LogP contribution is 2.44. The maximum absolute atomic E-state index is 2.59. The molecule has 240 valence electrons. The summed E-state index contributed by atoms with van der Waals surface area (Å²) in [5.74, 6) is 0. The Hall–Kier alpha value is -6.58. The van der Waals surface area contributed by atoms with Crippen molar-refractivity contribution in [1.82, 2.24) is 13.7 Å². The molecule has 1 aliphatic carbocycles. The Bertz CT molecular complexity index is 3060. The van der Waals surface area contributed by atoms with Crippen LogP contribution in [0.5, 0.6) is 0 Å². The fraction of sp³-hybridized carbons (Fsp3) is 0.0417. The highest BCUT2D eigenvalue weighted by molar-refractivity contribution is 6.23. The number of nitrogens with zero attached hydrogens (tertiary/aromatic N) is 3. The Morgan fingerprint density at radius 2 is 1.06 bits per heavy atom. The molecule has 1 aliphatic rings. The van der Waals surface area contributed by atoms with E-state index in [2.05, 4.69) is 196 Å². The molecule has 0 bridgehead atoms. The van der Waals surface area contributed by atoms with E-state index in [0.29, 0.717) is 0 Å². The van der Waals surface area contributed by atoms with Crippen molar-refractivity contribution in [2.45, 2.75) is 12.5 Å². The van der Waals surface area contributed by atoms with Crippen LogP contribution in [0.2, 0.25) is 0 Å². The van der Waals surface area contributed by atoms with Crippen molar-refractivity contribution in [1.29, 1.82) is 0 Å². The van der Waals surface area contributed by atoms with Crippen LogP contribution < -0.4 is 0 Å². The molecule has 3 nitrogen and oxygen atoms in total. The number of aromatic nitrogens is 3. The fourth-order valence-electron chi connectivity index (χ4n) is 8.83. The van der Waals surface area contributed by atoms with Gasteiger partial charge in [-0.05, 0) is 66.1 Å². The van der Waals surface area contributed by atoms with Gasteiger partial charge in [-0.2, -0.15) is 0 Å². The first kappa shape index (κ1) is 28.3. The number of hydrogen-bond donors (Lipinski definition) is 0. The maximum atomic E-state index is 2.59. The standard InChI is InChI=1S/C48H33N3/c1-3-16-33(17-4-1)49-44-27-12-9-23-41(44)46-36(24-14-28-45(46)49)32-15-13-20-35(31-32)51-43-26-11-8-22-38(43)40-30-29-39-37-21-7-10-25-42(37)50(47(39)48(40)51)34-18-5-2-6-19-34/h1-18,20-31,34H,19H2. The zero-order valence-electron chi connectivity index (χ0n) is 27.9. The van der Waals surface area contributed by atoms with Crippen molar-refractivity contribution in [3.05, 3.63) is 182 Å². The van der Waals surface area contributed by atoms with E-state index in [1.165, 1.54) is 82.2 Å². The van der Waals surface area contributed by atoms with E-state index in [9.17, 15) is 0 Å². The Kier molecular flexibility index (Phi) is 6.08. The molecule has 3 aromatic heterocycles. The monoisotopic (exact) mass is 651 g/mol. The third-order valence-electron chi connectivity index (χ3n) is 10.9. The summed E-state index contributed by atoms with van der Waals surface area (Å²) in [6.07, 6.45) is 9.98. The van der Waals surface area contributed by atoms with Crippen LogP contribution in [-0.2, 0) is 0 Å². The van der Waals surface area contributed by atoms with E-state index in [1.54, 1.807) is 0 Å². The largest absolute Gasteiger partial charge is 0.331 e. The van der Waals surface area contributed by atoms with Gasteiger partial charge in [0.05, 0.1) is 33.6 Å². The average Bonchev–Trinajstić information content (AvgIpc) is 3.84. The third-order valence-corrected chi connectivity index (χ3v) is 10.9. The molecule has 10 aromatic rings. The number of para-hydroxylation sites is 4. The fourth-order valence-corrected chi connectivity index (χ4v) is 8.83. The van der Waals surface area contributed by atoms with Gasteiger partial charge in [0.25, 0.3) is 0 Å². The highest BCUT2D eigenvalue weighted by Gasteiger charge is 2.23. The van der Waals surface area contributed by atoms with E-state index in [4.69, 9.17) is 0 Å². The van der Waals surface area contributed by atoms with Crippen molar-refractivity contribution >= 4 is 65.4 Å². The molecular weight excluding hydrogens is 619 g/mol. The van der Waals surface area contributed by atoms with E-state index in [-0.39, 0.29) is 6.04 Å². The zero-order chi connectivity index (χ0) is 33.5. The van der Waals surface area contributed by atoms with Crippen molar-refractivity contribution in [2.75, 3.05) is 0 Å². The first-order valence-corrected chi connectivity index (χ1v) is 17.8. The number of hydrogen-bond acceptors (Lipinski definition) is 0. The normalized spacial score (nSPS) is 14.6. The molecule has 0 N–H and O–H groups in total. The van der Waals surface area contributed by atoms with Crippen LogP contribution >= 0.6 is 0 Å². The summed E-state index contributed by atoms with van der Waals surface area (Å²) >= 11 is 0. The van der Waals surface area contributed by atoms with Gasteiger partial charge in [-0.15, -0.1) is 0 Å². The second-order valence-corrected chi connectivity index (χ2v) is 13.7. The average molecular weight is 652 g/mol. The Morgan fingerprint density at radius 1 is 0.431 bits per heavy atom. The van der Waals surface area contributed by atoms with Crippen molar-refractivity contribution in [2.24, 2.45) is 0 Å². The summed E-state index contributed by atoms with van der Waals surface area (Å²) in [5, 5.41) is 7.66. The molecule has 3 heteroatoms. The lowest BCUT2D eigenvalue weighted by molar-refractivity contribution is 0.648. The van der Waals surface area contributed by atoms with Gasteiger partial charge in [-0.3, -0.25) is 0 Å². The van der Waals surface area contributed by atoms with E-state index in [0.717, 1.165) is 12.1 Å². The summed E-state index contributed by atoms with van der Waals surface area (Å²) < 4.78 is 7.50. The lowest BCUT2D eigenvalue weighted by atomic mass is 9.99. The van der Waals surface area contributed by atoms with Crippen LogP contribution in [0.3, 0.4) is 0 Å². The van der Waals surface area contributed by atoms with Crippen LogP contribution in [0.4, 0.5) is 0 Å². The SMILES string of the molecule is C1=CCC(n2c3ccccc3c3ccc4c5ccccc5n(-c5cccc(-c6cccc7c6c6ccccc6n7-c6ccccc6)c5)c4c32)C=C1. The molecular formula is C48H33N3. The Morgan fingerprint density at radius 3 is 1.84 bits per heavy atom. The summed E-state index contributed by atoms with van der Waals surface area (Å²) in [4.78, 5) is 0. The smallest absolute Gasteiger partial charge is 0.0785 e. The lowest BCUT2D eigenvalue weighted by Crippen LogP contribution is -2.08. The molecule has 0 spiro atoms. The molecule has 51 heavy (non-hydrogen) atoms. The highest BCUT2D eigenvalue weighted by atomic mass is 15.1. The molecule has 1 unspecified atom stereocenters. The number of fused-ring (bicyclic) bond motifs is 10. The molecule has 0 fully saturated rings. The Balaban J connectivity index is 1.22. The molecule has 1 atom stereocenters. The molecule has 7 aromatic carbocycles. The molecule has 0 amide bonds. The topological polar surface area (TPSA) is 14.8 Å². The van der Waals surface area contributed by atoms with E-state index < -0.39 is 0 Å². The van der Waals surface area contributed by atoms with Gasteiger partial charge in [0.2, 0.25) is 0 Å². The summed E-state index contributed by atoms with van der Waals surface area (Å²) in [6.45, 7) is 0. The van der Waals surface area contributed by atoms with Crippen LogP contribution in [0, 0.1) is 0 Å². The first-order chi connectivity index (χ1) is 25.3. The van der Waals surface area contributed by atoms with Gasteiger partial charge in [-0.1, -0.05) is 133 Å². The van der Waals surface area contributed by atoms with E-state index in [1.807, 2.05) is 0 Å². The van der Waals surface area contributed by atoms with Gasteiger partial charge in [0.15, 0.2) is 0 Å². The van der Waals surface area contributed by atoms with Crippen LogP contribution in [-0.4, -0.2) is 13.7 Å². The summed E-state index contributed by atoms with van der Waals surface area (Å²) in [6, 6.07) is 58.1. The molecule has 11 rings (SSSR count). The van der Waals surface area contributed by atoms with Crippen molar-refractivity contribution in [3.8, 4) is 22.5 Å². The zero-order valence-corrected chi connectivity index (χ0v) is 27.9. The van der Waals surface area contributed by atoms with Crippen molar-refractivity contribution < 1.29 is 0 Å². The second-order valence-electron chi connectivity index (χ2n) is 13.7. The molecule has 0 saturated carbocycles. The van der Waals surface area contributed by atoms with E-state index >= 15 is 0 Å². The number of benzene rings is 7. The van der Waals surface area contributed by atoms with Crippen molar-refractivity contribution in [3.63, 3.8) is 0 Å². The molecule has 3 heterocycles. The van der Waals surface area contributed by atoms with Gasteiger partial charge in [0.1, 0.15) is 0 Å². The quantitative estimate of drug-likeness (QED) is 0.180. The minimum atomic E-state index is 0.236. The molecule has 0 aliphatic heterocycles. The van der Waals surface area contributed by atoms with Crippen LogP contribution in [0.25, 0.3) is 87.9 Å². The Labute approximate surface area is 295 Å². The summed E-state index contributed by atoms with van der Waals surface area (Å²) in [5.41, 5.74) is 12.2. The van der Waals surface area contributed by atoms with Crippen LogP contribution in [0.1, 0.15) is 12.5 Å². The van der Waals surface area contributed by atoms with Gasteiger partial charge >= 0.3 is 0 Å². The third kappa shape index (κ3) is 4.06. The van der Waals surface area contributed by atoms with Gasteiger partial charge in [-0.25, -0.2) is 0 Å². The molecule has 0 radical (unpaired) electrons. The number of rotatable bonds is 4. The van der Waals surface area contributed by atoms with Gasteiger partial charge < -0.3 is 13.7 Å². The number of allylic oxidation sites excluding steroid dienone is 4. The second kappa shape index (κ2) is 11.0. The minimum Gasteiger partial charge on any atom is -0.331 e. The predicted molar refractivity (Wildman–Crippen MR) is 215 cm³/mol. The lowest BCUT2D eigenvalue weighted by Gasteiger charge is -2.20. The maximum Gasteiger partial charge on any atom is 0.0785 e. The molecule has 0 saturated heterocycles. The van der Waals surface area contributed by atoms with Crippen LogP contribution in [0.15, 0.2) is 182 Å². The first-order valence-electron chi connectivity index (χ1n) is 17.8. The predicted octanol–water partition coefficient (Wildman–Crippen LogP) is 12.7. The summed E-state index contributed by atoms with van der Waals surface area (Å²) in [7, 11) is 0. The van der Waals surface area contributed by atoms with Gasteiger partial charge in [0, 0.05) is 49.2 Å². The minimum absolute atomic E-state index is 0.236.